The van der Waals surface area contributed by atoms with Crippen molar-refractivity contribution < 1.29 is 17.6 Å². The number of hydrogen-bond acceptors (Lipinski definition) is 5. The molecule has 0 radical (unpaired) electrons. The summed E-state index contributed by atoms with van der Waals surface area (Å²) in [4.78, 5) is 20.9. The summed E-state index contributed by atoms with van der Waals surface area (Å²) in [5.41, 5.74) is 2.89. The van der Waals surface area contributed by atoms with E-state index in [9.17, 15) is 17.6 Å². The lowest BCUT2D eigenvalue weighted by molar-refractivity contribution is 0.0976. The van der Waals surface area contributed by atoms with Crippen LogP contribution in [-0.4, -0.2) is 43.4 Å². The summed E-state index contributed by atoms with van der Waals surface area (Å²) in [6, 6.07) is 12.7. The molecule has 2 aliphatic heterocycles. The number of nitrogens with zero attached hydrogens (tertiary/aromatic N) is 3. The number of fused-ring (bicyclic) bond motifs is 1. The third-order valence-corrected chi connectivity index (χ3v) is 7.33. The molecule has 1 amide bonds. The monoisotopic (exact) mass is 468 g/mol. The van der Waals surface area contributed by atoms with E-state index in [4.69, 9.17) is 0 Å². The van der Waals surface area contributed by atoms with E-state index in [1.54, 1.807) is 12.1 Å². The number of carbonyl (C=O) groups excluding carboxylic acids is 1. The number of carbonyl (C=O) groups is 1. The molecule has 9 heteroatoms. The molecule has 2 heterocycles. The van der Waals surface area contributed by atoms with Crippen LogP contribution in [0.3, 0.4) is 0 Å². The van der Waals surface area contributed by atoms with Crippen LogP contribution in [0.4, 0.5) is 4.39 Å². The van der Waals surface area contributed by atoms with Crippen LogP contribution in [0, 0.1) is 5.82 Å². The largest absolute Gasteiger partial charge is 0.291 e. The Bertz CT molecular complexity index is 1290. The first-order valence-electron chi connectivity index (χ1n) is 10.6. The van der Waals surface area contributed by atoms with Crippen LogP contribution in [0.25, 0.3) is 0 Å². The van der Waals surface area contributed by atoms with E-state index in [0.29, 0.717) is 23.3 Å². The summed E-state index contributed by atoms with van der Waals surface area (Å²) in [7, 11) is -4.02. The first-order valence-corrected chi connectivity index (χ1v) is 12.0. The molecule has 1 N–H and O–H groups in total. The lowest BCUT2D eigenvalue weighted by atomic mass is 9.87. The molecular formula is C24H25FN4O3S. The van der Waals surface area contributed by atoms with Crippen LogP contribution in [0.1, 0.15) is 43.1 Å². The van der Waals surface area contributed by atoms with Gasteiger partial charge < -0.3 is 0 Å². The van der Waals surface area contributed by atoms with Crippen LogP contribution in [-0.2, 0) is 15.4 Å². The Balaban J connectivity index is 1.47. The zero-order valence-electron chi connectivity index (χ0n) is 18.7. The molecule has 0 saturated heterocycles. The van der Waals surface area contributed by atoms with Crippen molar-refractivity contribution in [2.24, 2.45) is 9.98 Å². The number of nitrogens with one attached hydrogen (secondary N) is 1. The Hall–Kier alpha value is -3.33. The summed E-state index contributed by atoms with van der Waals surface area (Å²) in [6.45, 7) is 6.60. The highest BCUT2D eigenvalue weighted by Crippen LogP contribution is 2.25. The first-order chi connectivity index (χ1) is 15.6. The number of aliphatic imine (C=N–C) groups is 2. The second-order valence-electron chi connectivity index (χ2n) is 8.93. The molecule has 0 aromatic heterocycles. The zero-order valence-corrected chi connectivity index (χ0v) is 19.5. The van der Waals surface area contributed by atoms with E-state index in [1.807, 2.05) is 12.1 Å². The van der Waals surface area contributed by atoms with Crippen molar-refractivity contribution in [2.45, 2.75) is 37.5 Å². The molecule has 0 atom stereocenters. The third-order valence-electron chi connectivity index (χ3n) is 5.54. The molecule has 7 nitrogen and oxygen atoms in total. The van der Waals surface area contributed by atoms with Crippen molar-refractivity contribution in [1.82, 2.24) is 9.62 Å². The van der Waals surface area contributed by atoms with Crippen LogP contribution in [0.2, 0.25) is 0 Å². The highest BCUT2D eigenvalue weighted by molar-refractivity contribution is 7.89. The van der Waals surface area contributed by atoms with Gasteiger partial charge in [-0.3, -0.25) is 14.4 Å². The summed E-state index contributed by atoms with van der Waals surface area (Å²) in [5.74, 6) is -0.916. The van der Waals surface area contributed by atoms with Gasteiger partial charge in [0.2, 0.25) is 5.96 Å². The molecule has 2 aromatic rings. The van der Waals surface area contributed by atoms with Gasteiger partial charge in [-0.1, -0.05) is 45.0 Å². The Morgan fingerprint density at radius 3 is 2.45 bits per heavy atom. The number of benzene rings is 2. The fraction of sp³-hybridized carbons (Fsp3) is 0.292. The SMILES string of the molecule is CC(C)(C)c1ccc(C(=O)NC2=NCC3=CN(S(=O)(=O)c4ccccc4F)CCC3=N2)cc1. The van der Waals surface area contributed by atoms with E-state index in [1.165, 1.54) is 24.4 Å². The molecule has 0 saturated carbocycles. The summed E-state index contributed by atoms with van der Waals surface area (Å²) < 4.78 is 40.9. The van der Waals surface area contributed by atoms with Crippen molar-refractivity contribution in [3.63, 3.8) is 0 Å². The van der Waals surface area contributed by atoms with Gasteiger partial charge in [0.1, 0.15) is 10.7 Å². The Morgan fingerprint density at radius 2 is 1.79 bits per heavy atom. The van der Waals surface area contributed by atoms with Crippen molar-refractivity contribution in [2.75, 3.05) is 13.1 Å². The number of rotatable bonds is 3. The zero-order chi connectivity index (χ0) is 23.8. The van der Waals surface area contributed by atoms with Gasteiger partial charge in [-0.15, -0.1) is 0 Å². The maximum atomic E-state index is 14.1. The number of guanidine groups is 1. The highest BCUT2D eigenvalue weighted by Gasteiger charge is 2.30. The van der Waals surface area contributed by atoms with Crippen LogP contribution in [0.5, 0.6) is 0 Å². The maximum absolute atomic E-state index is 14.1. The summed E-state index contributed by atoms with van der Waals surface area (Å²) in [5, 5.41) is 2.72. The Morgan fingerprint density at radius 1 is 1.09 bits per heavy atom. The minimum absolute atomic E-state index is 0.00814. The van der Waals surface area contributed by atoms with Crippen LogP contribution in [0.15, 0.2) is 75.2 Å². The third kappa shape index (κ3) is 4.73. The number of amides is 1. The van der Waals surface area contributed by atoms with Crippen molar-refractivity contribution >= 4 is 27.6 Å². The first kappa shape index (κ1) is 22.8. The molecule has 0 unspecified atom stereocenters. The van der Waals surface area contributed by atoms with E-state index < -0.39 is 15.8 Å². The van der Waals surface area contributed by atoms with Crippen molar-refractivity contribution in [3.05, 3.63) is 77.2 Å². The quantitative estimate of drug-likeness (QED) is 0.746. The van der Waals surface area contributed by atoms with Gasteiger partial charge in [-0.25, -0.2) is 22.8 Å². The molecule has 33 heavy (non-hydrogen) atoms. The highest BCUT2D eigenvalue weighted by atomic mass is 32.2. The molecule has 0 bridgehead atoms. The van der Waals surface area contributed by atoms with Crippen molar-refractivity contribution in [3.8, 4) is 0 Å². The van der Waals surface area contributed by atoms with E-state index in [2.05, 4.69) is 36.1 Å². The lowest BCUT2D eigenvalue weighted by Crippen LogP contribution is -2.38. The number of hydrogen-bond donors (Lipinski definition) is 1. The predicted molar refractivity (Wildman–Crippen MR) is 125 cm³/mol. The second kappa shape index (κ2) is 8.55. The molecule has 172 valence electrons. The predicted octanol–water partition coefficient (Wildman–Crippen LogP) is 3.64. The van der Waals surface area contributed by atoms with Crippen molar-refractivity contribution in [1.29, 1.82) is 0 Å². The smallest absolute Gasteiger partial charge is 0.266 e. The number of sulfonamides is 1. The summed E-state index contributed by atoms with van der Waals surface area (Å²) >= 11 is 0. The lowest BCUT2D eigenvalue weighted by Gasteiger charge is -2.28. The second-order valence-corrected chi connectivity index (χ2v) is 10.8. The minimum atomic E-state index is -4.02. The molecule has 0 aliphatic carbocycles. The Kier molecular flexibility index (Phi) is 5.92. The van der Waals surface area contributed by atoms with Crippen LogP contribution >= 0.6 is 0 Å². The fourth-order valence-corrected chi connectivity index (χ4v) is 5.02. The van der Waals surface area contributed by atoms with Gasteiger partial charge in [0.05, 0.1) is 12.3 Å². The van der Waals surface area contributed by atoms with Gasteiger partial charge in [-0.05, 0) is 35.2 Å². The average molecular weight is 469 g/mol. The van der Waals surface area contributed by atoms with Gasteiger partial charge in [0, 0.05) is 30.3 Å². The van der Waals surface area contributed by atoms with Gasteiger partial charge in [0.15, 0.2) is 0 Å². The van der Waals surface area contributed by atoms with E-state index in [-0.39, 0.29) is 35.3 Å². The summed E-state index contributed by atoms with van der Waals surface area (Å²) in [6.07, 6.45) is 1.77. The maximum Gasteiger partial charge on any atom is 0.266 e. The normalized spacial score (nSPS) is 16.4. The van der Waals surface area contributed by atoms with E-state index >= 15 is 0 Å². The molecule has 2 aromatic carbocycles. The number of halogens is 1. The molecule has 0 spiro atoms. The standard InChI is InChI=1S/C24H25FN4O3S/c1-24(2,3)18-10-8-16(9-11-18)22(30)28-23-26-14-17-15-29(13-12-20(17)27-23)33(31,32)21-7-5-4-6-19(21)25/h4-11,15H,12-14H2,1-3H3,(H,26,28,30). The fourth-order valence-electron chi connectivity index (χ4n) is 3.61. The average Bonchev–Trinajstić information content (AvgIpc) is 2.78. The topological polar surface area (TPSA) is 91.2 Å². The molecule has 4 rings (SSSR count). The van der Waals surface area contributed by atoms with Gasteiger partial charge in [-0.2, -0.15) is 0 Å². The minimum Gasteiger partial charge on any atom is -0.291 e. The molecular weight excluding hydrogens is 443 g/mol. The van der Waals surface area contributed by atoms with Crippen LogP contribution < -0.4 is 5.32 Å². The molecule has 2 aliphatic rings. The van der Waals surface area contributed by atoms with Gasteiger partial charge in [0.25, 0.3) is 15.9 Å². The van der Waals surface area contributed by atoms with Gasteiger partial charge >= 0.3 is 0 Å². The molecule has 0 fully saturated rings. The van der Waals surface area contributed by atoms with E-state index in [0.717, 1.165) is 15.9 Å². The Labute approximate surface area is 192 Å².